The molecule has 0 bridgehead atoms. The van der Waals surface area contributed by atoms with Gasteiger partial charge in [0.25, 0.3) is 0 Å². The van der Waals surface area contributed by atoms with Crippen molar-refractivity contribution in [2.24, 2.45) is 5.73 Å². The van der Waals surface area contributed by atoms with Crippen molar-refractivity contribution in [3.8, 4) is 5.75 Å². The average Bonchev–Trinajstić information content (AvgIpc) is 2.86. The van der Waals surface area contributed by atoms with Gasteiger partial charge in [-0.15, -0.1) is 24.8 Å². The predicted molar refractivity (Wildman–Crippen MR) is 157 cm³/mol. The van der Waals surface area contributed by atoms with Crippen molar-refractivity contribution in [2.75, 3.05) is 23.1 Å². The topological polar surface area (TPSA) is 109 Å². The first-order chi connectivity index (χ1) is 16.9. The third kappa shape index (κ3) is 7.98. The minimum atomic E-state index is -3.52. The summed E-state index contributed by atoms with van der Waals surface area (Å²) < 4.78 is 34.3. The molecule has 0 radical (unpaired) electrons. The van der Waals surface area contributed by atoms with Gasteiger partial charge in [0.1, 0.15) is 17.7 Å². The summed E-state index contributed by atoms with van der Waals surface area (Å²) in [5.41, 5.74) is 7.79. The monoisotopic (exact) mass is 566 g/mol. The molecule has 1 saturated heterocycles. The SMILES string of the molecule is CCCCS(=O)(=O)N(Cc1ccc2ccc(C(=N)N)cc2c1)c1ccc(OC2CCNCC2)cc1.Cl.Cl. The number of benzene rings is 3. The molecule has 0 amide bonds. The molecule has 1 aliphatic rings. The fourth-order valence-corrected chi connectivity index (χ4v) is 5.97. The molecule has 0 unspecified atom stereocenters. The van der Waals surface area contributed by atoms with E-state index in [0.717, 1.165) is 54.4 Å². The second-order valence-electron chi connectivity index (χ2n) is 9.05. The molecule has 1 aliphatic heterocycles. The van der Waals surface area contributed by atoms with E-state index in [1.807, 2.05) is 67.6 Å². The molecule has 0 aromatic heterocycles. The molecule has 3 aromatic rings. The smallest absolute Gasteiger partial charge is 0.235 e. The van der Waals surface area contributed by atoms with Gasteiger partial charge in [-0.1, -0.05) is 37.6 Å². The van der Waals surface area contributed by atoms with Gasteiger partial charge >= 0.3 is 0 Å². The maximum absolute atomic E-state index is 13.3. The number of halogens is 2. The quantitative estimate of drug-likeness (QED) is 0.230. The number of nitrogens with two attached hydrogens (primary N) is 1. The van der Waals surface area contributed by atoms with Gasteiger partial charge in [-0.25, -0.2) is 8.42 Å². The normalized spacial score (nSPS) is 13.9. The van der Waals surface area contributed by atoms with E-state index >= 15 is 0 Å². The Morgan fingerprint density at radius 2 is 1.70 bits per heavy atom. The number of ether oxygens (including phenoxy) is 1. The standard InChI is InChI=1S/C27H34N4O3S.2ClH/c1-2-3-16-35(32,33)31(24-8-10-25(11-9-24)34-26-12-14-30-15-13-26)19-20-4-5-21-6-7-22(27(28)29)18-23(21)17-20;;/h4-11,17-18,26,30H,2-3,12-16,19H2,1H3,(H3,28,29);2*1H. The Balaban J connectivity index is 0.00000241. The minimum Gasteiger partial charge on any atom is -0.490 e. The lowest BCUT2D eigenvalue weighted by Gasteiger charge is -2.26. The van der Waals surface area contributed by atoms with Gasteiger partial charge in [-0.05, 0) is 85.1 Å². The van der Waals surface area contributed by atoms with E-state index in [0.29, 0.717) is 17.7 Å². The van der Waals surface area contributed by atoms with E-state index in [1.54, 1.807) is 0 Å². The highest BCUT2D eigenvalue weighted by Crippen LogP contribution is 2.27. The number of sulfonamides is 1. The largest absolute Gasteiger partial charge is 0.490 e. The number of rotatable bonds is 10. The first-order valence-corrected chi connectivity index (χ1v) is 13.8. The van der Waals surface area contributed by atoms with Gasteiger partial charge < -0.3 is 15.8 Å². The number of amidine groups is 1. The third-order valence-electron chi connectivity index (χ3n) is 6.35. The van der Waals surface area contributed by atoms with Crippen LogP contribution >= 0.6 is 24.8 Å². The van der Waals surface area contributed by atoms with Crippen LogP contribution in [0.5, 0.6) is 5.75 Å². The number of fused-ring (bicyclic) bond motifs is 1. The van der Waals surface area contributed by atoms with Crippen LogP contribution in [0.15, 0.2) is 60.7 Å². The lowest BCUT2D eigenvalue weighted by molar-refractivity contribution is 0.162. The van der Waals surface area contributed by atoms with E-state index in [2.05, 4.69) is 5.32 Å². The fraction of sp³-hybridized carbons (Fsp3) is 0.370. The van der Waals surface area contributed by atoms with Crippen LogP contribution in [0.4, 0.5) is 5.69 Å². The van der Waals surface area contributed by atoms with Gasteiger partial charge in [-0.3, -0.25) is 9.71 Å². The number of hydrogen-bond acceptors (Lipinski definition) is 5. The third-order valence-corrected chi connectivity index (χ3v) is 8.16. The number of anilines is 1. The lowest BCUT2D eigenvalue weighted by atomic mass is 10.0. The molecule has 4 N–H and O–H groups in total. The molecule has 7 nitrogen and oxygen atoms in total. The van der Waals surface area contributed by atoms with Gasteiger partial charge in [0.15, 0.2) is 0 Å². The number of piperidine rings is 1. The zero-order valence-electron chi connectivity index (χ0n) is 21.0. The van der Waals surface area contributed by atoms with Crippen LogP contribution in [0, 0.1) is 5.41 Å². The molecule has 0 aliphatic carbocycles. The number of nitrogen functional groups attached to an aromatic ring is 1. The van der Waals surface area contributed by atoms with Gasteiger partial charge in [0, 0.05) is 5.56 Å². The second-order valence-corrected chi connectivity index (χ2v) is 11.1. The van der Waals surface area contributed by atoms with Gasteiger partial charge in [-0.2, -0.15) is 0 Å². The summed E-state index contributed by atoms with van der Waals surface area (Å²) in [6, 6.07) is 18.9. The predicted octanol–water partition coefficient (Wildman–Crippen LogP) is 5.23. The average molecular weight is 568 g/mol. The van der Waals surface area contributed by atoms with Crippen LogP contribution in [0.3, 0.4) is 0 Å². The van der Waals surface area contributed by atoms with Gasteiger partial charge in [0.05, 0.1) is 18.0 Å². The van der Waals surface area contributed by atoms with E-state index in [9.17, 15) is 8.42 Å². The highest BCUT2D eigenvalue weighted by molar-refractivity contribution is 7.92. The van der Waals surface area contributed by atoms with Crippen molar-refractivity contribution in [1.82, 2.24) is 5.32 Å². The molecular formula is C27H36Cl2N4O3S. The zero-order chi connectivity index (χ0) is 24.8. The summed E-state index contributed by atoms with van der Waals surface area (Å²) in [5.74, 6) is 0.862. The first-order valence-electron chi connectivity index (χ1n) is 12.2. The maximum atomic E-state index is 13.3. The molecule has 0 spiro atoms. The van der Waals surface area contributed by atoms with Crippen LogP contribution in [-0.4, -0.2) is 39.2 Å². The van der Waals surface area contributed by atoms with E-state index in [1.165, 1.54) is 4.31 Å². The Bertz CT molecular complexity index is 1280. The molecule has 0 atom stereocenters. The van der Waals surface area contributed by atoms with Crippen molar-refractivity contribution in [3.05, 3.63) is 71.8 Å². The number of unbranched alkanes of at least 4 members (excludes halogenated alkanes) is 1. The summed E-state index contributed by atoms with van der Waals surface area (Å²) >= 11 is 0. The van der Waals surface area contributed by atoms with E-state index in [4.69, 9.17) is 15.9 Å². The molecule has 0 saturated carbocycles. The highest BCUT2D eigenvalue weighted by Gasteiger charge is 2.23. The molecule has 3 aromatic carbocycles. The summed E-state index contributed by atoms with van der Waals surface area (Å²) in [5, 5.41) is 13.0. The Morgan fingerprint density at radius 3 is 2.35 bits per heavy atom. The molecule has 1 heterocycles. The van der Waals surface area contributed by atoms with Gasteiger partial charge in [0.2, 0.25) is 10.0 Å². The summed E-state index contributed by atoms with van der Waals surface area (Å²) in [6.07, 6.45) is 3.53. The Kier molecular flexibility index (Phi) is 11.5. The second kappa shape index (κ2) is 13.9. The van der Waals surface area contributed by atoms with Crippen LogP contribution in [0.25, 0.3) is 10.8 Å². The molecular weight excluding hydrogens is 531 g/mol. The summed E-state index contributed by atoms with van der Waals surface area (Å²) in [7, 11) is -3.52. The number of hydrogen-bond donors (Lipinski definition) is 3. The zero-order valence-corrected chi connectivity index (χ0v) is 23.4. The molecule has 202 valence electrons. The van der Waals surface area contributed by atoms with Crippen molar-refractivity contribution in [2.45, 2.75) is 45.3 Å². The highest BCUT2D eigenvalue weighted by atomic mass is 35.5. The number of nitrogens with zero attached hydrogens (tertiary/aromatic N) is 1. The van der Waals surface area contributed by atoms with Crippen molar-refractivity contribution in [3.63, 3.8) is 0 Å². The van der Waals surface area contributed by atoms with E-state index in [-0.39, 0.29) is 49.1 Å². The van der Waals surface area contributed by atoms with Crippen LogP contribution < -0.4 is 20.1 Å². The minimum absolute atomic E-state index is 0. The molecule has 37 heavy (non-hydrogen) atoms. The molecule has 4 rings (SSSR count). The first kappa shape index (κ1) is 30.7. The van der Waals surface area contributed by atoms with Crippen LogP contribution in [-0.2, 0) is 16.6 Å². The summed E-state index contributed by atoms with van der Waals surface area (Å²) in [4.78, 5) is 0. The van der Waals surface area contributed by atoms with Crippen LogP contribution in [0.2, 0.25) is 0 Å². The van der Waals surface area contributed by atoms with Crippen molar-refractivity contribution >= 4 is 57.1 Å². The van der Waals surface area contributed by atoms with Crippen molar-refractivity contribution in [1.29, 1.82) is 5.41 Å². The lowest BCUT2D eigenvalue weighted by Crippen LogP contribution is -2.34. The van der Waals surface area contributed by atoms with E-state index < -0.39 is 10.0 Å². The Hall–Kier alpha value is -2.52. The Labute approximate surface area is 232 Å². The maximum Gasteiger partial charge on any atom is 0.235 e. The fourth-order valence-electron chi connectivity index (χ4n) is 4.31. The molecule has 1 fully saturated rings. The summed E-state index contributed by atoms with van der Waals surface area (Å²) in [6.45, 7) is 4.11. The van der Waals surface area contributed by atoms with Crippen molar-refractivity contribution < 1.29 is 13.2 Å². The molecule has 10 heteroatoms. The Morgan fingerprint density at radius 1 is 1.03 bits per heavy atom. The number of nitrogens with one attached hydrogen (secondary N) is 2. The van der Waals surface area contributed by atoms with Crippen LogP contribution in [0.1, 0.15) is 43.7 Å².